The first-order valence-electron chi connectivity index (χ1n) is 12.7. The molecule has 0 radical (unpaired) electrons. The van der Waals surface area contributed by atoms with Gasteiger partial charge in [0.05, 0.1) is 12.3 Å². The number of hydrogen-bond acceptors (Lipinski definition) is 5. The van der Waals surface area contributed by atoms with Crippen LogP contribution in [0.1, 0.15) is 20.3 Å². The number of ether oxygens (including phenoxy) is 1. The molecule has 0 aliphatic carbocycles. The number of para-hydroxylation sites is 1. The average Bonchev–Trinajstić information content (AvgIpc) is 3.50. The molecule has 0 bridgehead atoms. The second kappa shape index (κ2) is 11.1. The molecule has 0 spiro atoms. The van der Waals surface area contributed by atoms with Crippen LogP contribution < -0.4 is 10.1 Å². The number of carbonyl (C=O) groups is 2. The number of rotatable bonds is 8. The Bertz CT molecular complexity index is 1510. The van der Waals surface area contributed by atoms with Gasteiger partial charge in [-0.25, -0.2) is 0 Å². The summed E-state index contributed by atoms with van der Waals surface area (Å²) >= 11 is 5.92. The van der Waals surface area contributed by atoms with Crippen molar-refractivity contribution in [2.75, 3.05) is 25.1 Å². The molecular weight excluding hydrogens is 504 g/mol. The van der Waals surface area contributed by atoms with Gasteiger partial charge in [-0.1, -0.05) is 35.0 Å². The van der Waals surface area contributed by atoms with Crippen molar-refractivity contribution in [1.82, 2.24) is 9.47 Å². The van der Waals surface area contributed by atoms with Crippen molar-refractivity contribution in [3.8, 4) is 5.75 Å². The molecule has 1 saturated heterocycles. The minimum Gasteiger partial charge on any atom is -0.484 e. The largest absolute Gasteiger partial charge is 0.484 e. The predicted octanol–water partition coefficient (Wildman–Crippen LogP) is 5.48. The molecule has 2 heterocycles. The molecule has 1 aliphatic rings. The van der Waals surface area contributed by atoms with E-state index in [0.717, 1.165) is 28.4 Å². The topological polar surface area (TPSA) is 85.2 Å². The highest BCUT2D eigenvalue weighted by Crippen LogP contribution is 2.31. The van der Waals surface area contributed by atoms with Gasteiger partial charge in [0.2, 0.25) is 5.91 Å². The lowest BCUT2D eigenvalue weighted by Gasteiger charge is -2.23. The minimum atomic E-state index is -0.733. The number of halogens is 1. The number of anilines is 1. The van der Waals surface area contributed by atoms with Gasteiger partial charge in [-0.3, -0.25) is 9.59 Å². The molecule has 1 fully saturated rings. The van der Waals surface area contributed by atoms with Crippen LogP contribution in [0.3, 0.4) is 0 Å². The number of aryl methyl sites for hydroxylation is 1. The van der Waals surface area contributed by atoms with E-state index in [2.05, 4.69) is 34.1 Å². The molecule has 1 aromatic heterocycles. The SMILES string of the molecule is CCON=C1C[C@@H](C(=O)Nc2ccc3c(c2)c2ccccc2n3CC)N(C(=O)COc2ccc(Cl)cc2)C1. The Morgan fingerprint density at radius 2 is 1.79 bits per heavy atom. The van der Waals surface area contributed by atoms with E-state index < -0.39 is 6.04 Å². The number of hydrogen-bond donors (Lipinski definition) is 1. The van der Waals surface area contributed by atoms with Gasteiger partial charge in [0, 0.05) is 45.5 Å². The molecule has 196 valence electrons. The highest BCUT2D eigenvalue weighted by Gasteiger charge is 2.38. The molecule has 0 saturated carbocycles. The zero-order valence-electron chi connectivity index (χ0n) is 21.3. The van der Waals surface area contributed by atoms with Crippen LogP contribution in [-0.4, -0.2) is 52.8 Å². The van der Waals surface area contributed by atoms with Crippen LogP contribution >= 0.6 is 11.6 Å². The predicted molar refractivity (Wildman–Crippen MR) is 150 cm³/mol. The van der Waals surface area contributed by atoms with Crippen LogP contribution in [0.25, 0.3) is 21.8 Å². The van der Waals surface area contributed by atoms with Crippen molar-refractivity contribution >= 4 is 56.6 Å². The summed E-state index contributed by atoms with van der Waals surface area (Å²) < 4.78 is 7.90. The highest BCUT2D eigenvalue weighted by atomic mass is 35.5. The number of nitrogens with one attached hydrogen (secondary N) is 1. The Hall–Kier alpha value is -4.04. The standard InChI is InChI=1S/C29H29ClN4O4/c1-3-33-25-8-6-5-7-23(25)24-15-20(11-14-26(24)33)31-29(36)27-16-21(32-38-4-2)17-34(27)28(35)18-37-22-12-9-19(30)10-13-22/h5-15,27H,3-4,16-18H2,1-2H3,(H,31,36)/t27-/m0/s1. The molecule has 8 nitrogen and oxygen atoms in total. The van der Waals surface area contributed by atoms with Gasteiger partial charge in [0.1, 0.15) is 18.4 Å². The van der Waals surface area contributed by atoms with Crippen LogP contribution in [0.2, 0.25) is 5.02 Å². The van der Waals surface area contributed by atoms with Gasteiger partial charge in [-0.15, -0.1) is 0 Å². The van der Waals surface area contributed by atoms with Crippen molar-refractivity contribution in [2.45, 2.75) is 32.9 Å². The summed E-state index contributed by atoms with van der Waals surface area (Å²) in [4.78, 5) is 33.3. The fourth-order valence-electron chi connectivity index (χ4n) is 4.88. The molecule has 1 atom stereocenters. The molecule has 2 amide bonds. The highest BCUT2D eigenvalue weighted by molar-refractivity contribution is 6.30. The third kappa shape index (κ3) is 5.17. The van der Waals surface area contributed by atoms with Crippen LogP contribution in [0.4, 0.5) is 5.69 Å². The Kier molecular flexibility index (Phi) is 7.51. The Balaban J connectivity index is 1.36. The lowest BCUT2D eigenvalue weighted by molar-refractivity contribution is -0.138. The van der Waals surface area contributed by atoms with Crippen molar-refractivity contribution in [1.29, 1.82) is 0 Å². The number of nitrogens with zero attached hydrogens (tertiary/aromatic N) is 3. The normalized spacial score (nSPS) is 16.3. The average molecular weight is 533 g/mol. The Morgan fingerprint density at radius 1 is 1.03 bits per heavy atom. The van der Waals surface area contributed by atoms with Crippen LogP contribution in [0.5, 0.6) is 5.75 Å². The fraction of sp³-hybridized carbons (Fsp3) is 0.276. The van der Waals surface area contributed by atoms with Gasteiger partial charge >= 0.3 is 0 Å². The van der Waals surface area contributed by atoms with E-state index in [0.29, 0.717) is 28.8 Å². The summed E-state index contributed by atoms with van der Waals surface area (Å²) in [6, 6.07) is 20.2. The second-order valence-corrected chi connectivity index (χ2v) is 9.48. The third-order valence-electron chi connectivity index (χ3n) is 6.64. The summed E-state index contributed by atoms with van der Waals surface area (Å²) in [7, 11) is 0. The third-order valence-corrected chi connectivity index (χ3v) is 6.89. The maximum atomic E-state index is 13.5. The lowest BCUT2D eigenvalue weighted by atomic mass is 10.1. The van der Waals surface area contributed by atoms with Crippen molar-refractivity contribution in [3.05, 3.63) is 71.8 Å². The van der Waals surface area contributed by atoms with Gasteiger partial charge in [0.25, 0.3) is 5.91 Å². The van der Waals surface area contributed by atoms with Crippen molar-refractivity contribution in [2.24, 2.45) is 5.16 Å². The zero-order valence-corrected chi connectivity index (χ0v) is 22.1. The molecule has 5 rings (SSSR count). The Labute approximate surface area is 225 Å². The Morgan fingerprint density at radius 3 is 2.55 bits per heavy atom. The summed E-state index contributed by atoms with van der Waals surface area (Å²) in [6.07, 6.45) is 0.288. The lowest BCUT2D eigenvalue weighted by Crippen LogP contribution is -2.45. The number of benzene rings is 3. The maximum absolute atomic E-state index is 13.5. The number of amides is 2. The molecule has 4 aromatic rings. The number of likely N-dealkylation sites (tertiary alicyclic amines) is 1. The number of oxime groups is 1. The van der Waals surface area contributed by atoms with Gasteiger partial charge in [-0.05, 0) is 62.4 Å². The zero-order chi connectivity index (χ0) is 26.6. The van der Waals surface area contributed by atoms with E-state index in [1.54, 1.807) is 24.3 Å². The molecule has 3 aromatic carbocycles. The minimum absolute atomic E-state index is 0.198. The van der Waals surface area contributed by atoms with E-state index in [9.17, 15) is 9.59 Å². The molecule has 1 aliphatic heterocycles. The number of fused-ring (bicyclic) bond motifs is 3. The first-order chi connectivity index (χ1) is 18.5. The van der Waals surface area contributed by atoms with E-state index >= 15 is 0 Å². The summed E-state index contributed by atoms with van der Waals surface area (Å²) in [5.41, 5.74) is 3.56. The summed E-state index contributed by atoms with van der Waals surface area (Å²) in [6.45, 7) is 5.18. The first-order valence-corrected chi connectivity index (χ1v) is 13.0. The second-order valence-electron chi connectivity index (χ2n) is 9.04. The van der Waals surface area contributed by atoms with Crippen molar-refractivity contribution in [3.63, 3.8) is 0 Å². The first kappa shape index (κ1) is 25.6. The maximum Gasteiger partial charge on any atom is 0.261 e. The van der Waals surface area contributed by atoms with Crippen LogP contribution in [0, 0.1) is 0 Å². The summed E-state index contributed by atoms with van der Waals surface area (Å²) in [5, 5.41) is 9.90. The van der Waals surface area contributed by atoms with E-state index in [1.807, 2.05) is 37.3 Å². The number of carbonyl (C=O) groups excluding carboxylic acids is 2. The van der Waals surface area contributed by atoms with E-state index in [4.69, 9.17) is 21.2 Å². The van der Waals surface area contributed by atoms with E-state index in [-0.39, 0.29) is 31.4 Å². The number of aromatic nitrogens is 1. The molecule has 38 heavy (non-hydrogen) atoms. The van der Waals surface area contributed by atoms with Crippen molar-refractivity contribution < 1.29 is 19.2 Å². The fourth-order valence-corrected chi connectivity index (χ4v) is 5.01. The summed E-state index contributed by atoms with van der Waals surface area (Å²) in [5.74, 6) is -0.0842. The molecule has 9 heteroatoms. The smallest absolute Gasteiger partial charge is 0.261 e. The molecule has 1 N–H and O–H groups in total. The monoisotopic (exact) mass is 532 g/mol. The molecule has 0 unspecified atom stereocenters. The quantitative estimate of drug-likeness (QED) is 0.305. The molecular formula is C29H29ClN4O4. The van der Waals surface area contributed by atoms with Gasteiger partial charge in [0.15, 0.2) is 6.61 Å². The van der Waals surface area contributed by atoms with Gasteiger partial charge in [-0.2, -0.15) is 0 Å². The van der Waals surface area contributed by atoms with Crippen LogP contribution in [-0.2, 0) is 21.0 Å². The van der Waals surface area contributed by atoms with Gasteiger partial charge < -0.3 is 24.4 Å². The van der Waals surface area contributed by atoms with Crippen LogP contribution in [0.15, 0.2) is 71.9 Å². The van der Waals surface area contributed by atoms with E-state index in [1.165, 1.54) is 4.90 Å².